The predicted octanol–water partition coefficient (Wildman–Crippen LogP) is -2.36. The molecule has 0 saturated carbocycles. The molecule has 9 heteroatoms. The van der Waals surface area contributed by atoms with Gasteiger partial charge in [0.25, 0.3) is 0 Å². The summed E-state index contributed by atoms with van der Waals surface area (Å²) < 4.78 is 0. The molecule has 9 N–H and O–H groups in total. The van der Waals surface area contributed by atoms with Crippen LogP contribution in [0.2, 0.25) is 0 Å². The molecule has 9 nitrogen and oxygen atoms in total. The van der Waals surface area contributed by atoms with Crippen molar-refractivity contribution in [2.24, 2.45) is 0 Å². The lowest BCUT2D eigenvalue weighted by molar-refractivity contribution is 0.823. The highest BCUT2D eigenvalue weighted by Crippen LogP contribution is 2.06. The number of hydrogen-bond acceptors (Lipinski definition) is 6. The van der Waals surface area contributed by atoms with Gasteiger partial charge in [0.1, 0.15) is 0 Å². The minimum absolute atomic E-state index is 0. The van der Waals surface area contributed by atoms with Crippen molar-refractivity contribution >= 4 is 17.8 Å². The van der Waals surface area contributed by atoms with Gasteiger partial charge in [-0.05, 0) is 0 Å². The Hall–Kier alpha value is -1.71. The fourth-order valence-corrected chi connectivity index (χ4v) is 0.711. The molecular weight excluding hydrogens is 204 g/mol. The second-order valence-electron chi connectivity index (χ2n) is 2.06. The smallest absolute Gasteiger partial charge is 0.412 e. The zero-order valence-corrected chi connectivity index (χ0v) is 8.84. The van der Waals surface area contributed by atoms with Gasteiger partial charge in [-0.25, -0.2) is 0 Å². The Kier molecular flexibility index (Phi) is 11.2. The Morgan fingerprint density at radius 3 is 1.00 bits per heavy atom. The van der Waals surface area contributed by atoms with Gasteiger partial charge in [-0.3, -0.25) is 0 Å². The second-order valence-corrected chi connectivity index (χ2v) is 2.06. The standard InChI is InChI=1S/C6H12N6.3H2O/c1-7-4-10-5(8-2)12-6(9-3)11-4;;;/h1-3H3,(H3,7,8,9,10,11,12);3*1H2/p+1. The Bertz CT molecular complexity index is 221. The number of nitrogens with zero attached hydrogens (tertiary/aromatic N) is 3. The summed E-state index contributed by atoms with van der Waals surface area (Å²) in [4.78, 5) is 12.1. The highest BCUT2D eigenvalue weighted by Gasteiger charge is 2.00. The minimum atomic E-state index is 0. The molecule has 90 valence electrons. The first-order valence-corrected chi connectivity index (χ1v) is 3.59. The molecule has 0 bridgehead atoms. The van der Waals surface area contributed by atoms with Gasteiger partial charge in [-0.1, -0.05) is 0 Å². The maximum absolute atomic E-state index is 4.03. The number of nitrogens with one attached hydrogen (secondary N) is 3. The molecule has 1 rings (SSSR count). The van der Waals surface area contributed by atoms with Gasteiger partial charge in [0.2, 0.25) is 17.8 Å². The summed E-state index contributed by atoms with van der Waals surface area (Å²) in [6.45, 7) is 0. The van der Waals surface area contributed by atoms with Gasteiger partial charge >= 0.3 is 1.43 Å². The SMILES string of the molecule is CNc1nc(NC)nc(NC)n1.O.O.O.[H+]. The summed E-state index contributed by atoms with van der Waals surface area (Å²) in [5.41, 5.74) is 0. The summed E-state index contributed by atoms with van der Waals surface area (Å²) in [6, 6.07) is 0. The molecule has 0 fully saturated rings. The molecule has 0 atom stereocenters. The van der Waals surface area contributed by atoms with Crippen LogP contribution in [0, 0.1) is 0 Å². The van der Waals surface area contributed by atoms with Crippen LogP contribution in [0.4, 0.5) is 17.8 Å². The van der Waals surface area contributed by atoms with E-state index in [-0.39, 0.29) is 17.9 Å². The fourth-order valence-electron chi connectivity index (χ4n) is 0.711. The third kappa shape index (κ3) is 4.90. The van der Waals surface area contributed by atoms with E-state index in [0.717, 1.165) is 0 Å². The van der Waals surface area contributed by atoms with Gasteiger partial charge in [0, 0.05) is 21.1 Å². The van der Waals surface area contributed by atoms with Gasteiger partial charge in [-0.15, -0.1) is 0 Å². The molecule has 0 saturated heterocycles. The van der Waals surface area contributed by atoms with Crippen LogP contribution in [0.15, 0.2) is 0 Å². The second kappa shape index (κ2) is 8.87. The molecule has 0 aliphatic carbocycles. The van der Waals surface area contributed by atoms with Crippen LogP contribution in [0.1, 0.15) is 1.43 Å². The van der Waals surface area contributed by atoms with E-state index in [1.54, 1.807) is 21.1 Å². The molecule has 0 radical (unpaired) electrons. The highest BCUT2D eigenvalue weighted by atomic mass is 16.0. The van der Waals surface area contributed by atoms with Crippen LogP contribution >= 0.6 is 0 Å². The highest BCUT2D eigenvalue weighted by molar-refractivity contribution is 5.40. The third-order valence-electron chi connectivity index (χ3n) is 1.31. The first-order chi connectivity index (χ1) is 5.80. The maximum atomic E-state index is 4.03. The molecule has 0 aromatic carbocycles. The van der Waals surface area contributed by atoms with E-state index in [1.165, 1.54) is 0 Å². The normalized spacial score (nSPS) is 7.40. The number of hydrogen-bond donors (Lipinski definition) is 3. The van der Waals surface area contributed by atoms with Crippen molar-refractivity contribution < 1.29 is 17.9 Å². The number of anilines is 3. The van der Waals surface area contributed by atoms with E-state index in [0.29, 0.717) is 17.8 Å². The Morgan fingerprint density at radius 1 is 0.667 bits per heavy atom. The van der Waals surface area contributed by atoms with Crippen LogP contribution in [0.5, 0.6) is 0 Å². The van der Waals surface area contributed by atoms with E-state index < -0.39 is 0 Å². The lowest BCUT2D eigenvalue weighted by Gasteiger charge is -2.04. The Morgan fingerprint density at radius 2 is 0.867 bits per heavy atom. The monoisotopic (exact) mass is 223 g/mol. The third-order valence-corrected chi connectivity index (χ3v) is 1.31. The summed E-state index contributed by atoms with van der Waals surface area (Å²) in [5.74, 6) is 1.62. The first kappa shape index (κ1) is 19.0. The van der Waals surface area contributed by atoms with Crippen molar-refractivity contribution in [2.75, 3.05) is 37.1 Å². The van der Waals surface area contributed by atoms with Crippen molar-refractivity contribution in [3.8, 4) is 0 Å². The van der Waals surface area contributed by atoms with Crippen LogP contribution in [-0.4, -0.2) is 52.5 Å². The quantitative estimate of drug-likeness (QED) is 0.517. The molecule has 15 heavy (non-hydrogen) atoms. The number of rotatable bonds is 3. The maximum Gasteiger partial charge on any atom is 1.00 e. The molecule has 1 aromatic rings. The lowest BCUT2D eigenvalue weighted by Crippen LogP contribution is -2.06. The van der Waals surface area contributed by atoms with Crippen molar-refractivity contribution in [2.45, 2.75) is 0 Å². The average molecular weight is 223 g/mol. The molecule has 1 heterocycles. The summed E-state index contributed by atoms with van der Waals surface area (Å²) >= 11 is 0. The van der Waals surface area contributed by atoms with Crippen molar-refractivity contribution in [3.63, 3.8) is 0 Å². The van der Waals surface area contributed by atoms with Crippen LogP contribution in [0.25, 0.3) is 0 Å². The van der Waals surface area contributed by atoms with Crippen LogP contribution in [-0.2, 0) is 0 Å². The van der Waals surface area contributed by atoms with E-state index in [1.807, 2.05) is 0 Å². The van der Waals surface area contributed by atoms with Crippen LogP contribution in [0.3, 0.4) is 0 Å². The first-order valence-electron chi connectivity index (χ1n) is 3.59. The van der Waals surface area contributed by atoms with Gasteiger partial charge in [0.15, 0.2) is 0 Å². The summed E-state index contributed by atoms with van der Waals surface area (Å²) in [5, 5.41) is 8.50. The molecule has 0 aliphatic heterocycles. The molecule has 1 aromatic heterocycles. The van der Waals surface area contributed by atoms with Gasteiger partial charge < -0.3 is 32.4 Å². The largest absolute Gasteiger partial charge is 1.00 e. The molecular formula is C6H19N6O3+. The molecule has 0 unspecified atom stereocenters. The summed E-state index contributed by atoms with van der Waals surface area (Å²) in [7, 11) is 5.27. The Labute approximate surface area is 88.8 Å². The minimum Gasteiger partial charge on any atom is -0.412 e. The predicted molar refractivity (Wildman–Crippen MR) is 60.4 cm³/mol. The molecule has 0 aliphatic rings. The van der Waals surface area contributed by atoms with Crippen molar-refractivity contribution in [1.82, 2.24) is 15.0 Å². The van der Waals surface area contributed by atoms with E-state index in [9.17, 15) is 0 Å². The van der Waals surface area contributed by atoms with Gasteiger partial charge in [-0.2, -0.15) is 15.0 Å². The fraction of sp³-hybridized carbons (Fsp3) is 0.500. The average Bonchev–Trinajstić information content (AvgIpc) is 2.16. The van der Waals surface area contributed by atoms with E-state index in [2.05, 4.69) is 30.9 Å². The summed E-state index contributed by atoms with van der Waals surface area (Å²) in [6.07, 6.45) is 0. The lowest BCUT2D eigenvalue weighted by atomic mass is 10.8. The van der Waals surface area contributed by atoms with Crippen LogP contribution < -0.4 is 16.0 Å². The van der Waals surface area contributed by atoms with Gasteiger partial charge in [0.05, 0.1) is 0 Å². The van der Waals surface area contributed by atoms with E-state index in [4.69, 9.17) is 0 Å². The van der Waals surface area contributed by atoms with Crippen molar-refractivity contribution in [3.05, 3.63) is 0 Å². The zero-order chi connectivity index (χ0) is 8.97. The molecule has 0 spiro atoms. The van der Waals surface area contributed by atoms with Crippen molar-refractivity contribution in [1.29, 1.82) is 0 Å². The Balaban J connectivity index is -0.000000180. The topological polar surface area (TPSA) is 169 Å². The van der Waals surface area contributed by atoms with E-state index >= 15 is 0 Å². The zero-order valence-electron chi connectivity index (χ0n) is 9.84. The molecule has 0 amide bonds. The number of aromatic nitrogens is 3.